The van der Waals surface area contributed by atoms with Gasteiger partial charge in [0.1, 0.15) is 57.8 Å². The molecule has 0 aliphatic heterocycles. The van der Waals surface area contributed by atoms with Crippen LogP contribution in [0, 0.1) is 11.6 Å². The Morgan fingerprint density at radius 1 is 0.682 bits per heavy atom. The number of imidazole rings is 1. The molecule has 5 aromatic heterocycles. The molecule has 3 amide bonds. The van der Waals surface area contributed by atoms with Crippen molar-refractivity contribution in [3.8, 4) is 0 Å². The summed E-state index contributed by atoms with van der Waals surface area (Å²) in [7, 11) is 3.38. The first-order chi connectivity index (χ1) is 41.5. The number of nitrogens with two attached hydrogens (primary N) is 1. The van der Waals surface area contributed by atoms with E-state index in [2.05, 4.69) is 77.5 Å². The minimum Gasteiger partial charge on any atom is -0.441 e. The summed E-state index contributed by atoms with van der Waals surface area (Å²) in [6.45, 7) is -0.111. The topological polar surface area (TPSA) is 249 Å². The number of aromatic amines is 1. The van der Waals surface area contributed by atoms with Gasteiger partial charge in [0, 0.05) is 55.0 Å². The van der Waals surface area contributed by atoms with E-state index in [1.54, 1.807) is 29.6 Å². The lowest BCUT2D eigenvalue weighted by Crippen LogP contribution is -2.38. The molecule has 6 N–H and O–H groups in total. The number of ether oxygens (including phenoxy) is 2. The van der Waals surface area contributed by atoms with Crippen molar-refractivity contribution in [3.05, 3.63) is 253 Å². The number of hydrogen-bond donors (Lipinski definition) is 5. The van der Waals surface area contributed by atoms with Crippen LogP contribution in [0.5, 0.6) is 0 Å². The van der Waals surface area contributed by atoms with E-state index < -0.39 is 41.3 Å². The van der Waals surface area contributed by atoms with Crippen LogP contribution in [0.1, 0.15) is 111 Å². The average molecular weight is 1280 g/mol. The Kier molecular flexibility index (Phi) is 21.0. The Hall–Kier alpha value is -9.19. The van der Waals surface area contributed by atoms with Crippen LogP contribution in [0.4, 0.5) is 29.7 Å². The molecule has 5 aromatic carbocycles. The van der Waals surface area contributed by atoms with Gasteiger partial charge in [0.25, 0.3) is 11.8 Å². The maximum atomic E-state index is 13.4. The molecule has 2 atom stereocenters. The Morgan fingerprint density at radius 3 is 1.70 bits per heavy atom. The molecule has 26 heteroatoms. The summed E-state index contributed by atoms with van der Waals surface area (Å²) in [5, 5.41) is 19.9. The quantitative estimate of drug-likeness (QED) is 0.0676. The Morgan fingerprint density at radius 2 is 1.20 bits per heavy atom. The molecule has 0 bridgehead atoms. The standard InChI is InChI=1S/C26H21N5O2.C19H17Cl2FN6O3.C15H14Cl2FN3O.2CH4/c32-25(30-17-16-27-19-30)33-18-24-28-20-31(29-24)26(21-10-4-1-5-11-21,22-12-6-2-7-13-22)23-14-8-3-9-15-23;1-28-16(18(29)25-9-2-4-12(22)11(20)6-9)10-3-5-13(15(10)17(28)21)26-19(30)31-7-14-23-8-24-27-14;1-21-13(8-3-5-11(19)12(8)14(21)17)15(22)20-7-2-4-10(18)9(16)6-7;;/h1-17,19-20H,18H2;2,4,6,8,13H,3,5,7H2,1H3,(H,25,29)(H,26,30)(H,23,24,27);2,4,6,11H,3,5,19H2,1H3,(H,20,22);2*1H4. The number of carbonyl (C=O) groups excluding carboxylic acids is 4. The number of aromatic nitrogens is 10. The van der Waals surface area contributed by atoms with Crippen LogP contribution in [-0.4, -0.2) is 72.6 Å². The lowest BCUT2D eigenvalue weighted by atomic mass is 9.77. The van der Waals surface area contributed by atoms with E-state index in [0.29, 0.717) is 69.5 Å². The van der Waals surface area contributed by atoms with Crippen LogP contribution in [0.15, 0.2) is 159 Å². The van der Waals surface area contributed by atoms with Crippen molar-refractivity contribution in [2.45, 2.75) is 71.4 Å². The third-order valence-corrected chi connectivity index (χ3v) is 15.9. The molecular formula is C62H60Cl4F2N14O6. The van der Waals surface area contributed by atoms with Gasteiger partial charge in [0.05, 0.1) is 16.1 Å². The zero-order valence-corrected chi connectivity index (χ0v) is 48.8. The van der Waals surface area contributed by atoms with Gasteiger partial charge in [-0.25, -0.2) is 42.6 Å². The van der Waals surface area contributed by atoms with Gasteiger partial charge in [-0.15, -0.1) is 0 Å². The predicted octanol–water partition coefficient (Wildman–Crippen LogP) is 13.2. The lowest BCUT2D eigenvalue weighted by molar-refractivity contribution is 0.101. The van der Waals surface area contributed by atoms with E-state index in [1.165, 1.54) is 66.0 Å². The van der Waals surface area contributed by atoms with Crippen molar-refractivity contribution in [1.82, 2.24) is 53.9 Å². The maximum Gasteiger partial charge on any atom is 0.419 e. The fourth-order valence-corrected chi connectivity index (χ4v) is 11.5. The first-order valence-corrected chi connectivity index (χ1v) is 28.1. The molecule has 0 saturated heterocycles. The van der Waals surface area contributed by atoms with Crippen LogP contribution in [0.3, 0.4) is 0 Å². The van der Waals surface area contributed by atoms with Crippen LogP contribution >= 0.6 is 46.4 Å². The summed E-state index contributed by atoms with van der Waals surface area (Å²) >= 11 is 24.3. The van der Waals surface area contributed by atoms with E-state index in [-0.39, 0.29) is 50.1 Å². The molecule has 10 aromatic rings. The zero-order chi connectivity index (χ0) is 60.6. The van der Waals surface area contributed by atoms with Crippen LogP contribution in [-0.2, 0) is 55.2 Å². The maximum absolute atomic E-state index is 13.4. The Labute approximate surface area is 524 Å². The van der Waals surface area contributed by atoms with E-state index in [0.717, 1.165) is 39.8 Å². The fraction of sp³-hybridized carbons (Fsp3) is 0.210. The molecule has 20 nitrogen and oxygen atoms in total. The summed E-state index contributed by atoms with van der Waals surface area (Å²) < 4.78 is 43.3. The number of benzene rings is 5. The zero-order valence-electron chi connectivity index (χ0n) is 45.7. The van der Waals surface area contributed by atoms with Crippen molar-refractivity contribution in [2.75, 3.05) is 10.6 Å². The molecule has 0 fully saturated rings. The molecule has 0 radical (unpaired) electrons. The van der Waals surface area contributed by atoms with Crippen molar-refractivity contribution >= 4 is 81.8 Å². The highest BCUT2D eigenvalue weighted by atomic mass is 35.5. The molecule has 5 heterocycles. The molecule has 88 heavy (non-hydrogen) atoms. The van der Waals surface area contributed by atoms with Crippen molar-refractivity contribution in [2.24, 2.45) is 19.8 Å². The molecule has 0 spiro atoms. The number of alkyl carbamates (subject to hydrolysis) is 1. The molecule has 12 rings (SSSR count). The monoisotopic (exact) mass is 1270 g/mol. The van der Waals surface area contributed by atoms with Gasteiger partial charge in [-0.3, -0.25) is 14.7 Å². The minimum atomic E-state index is -0.761. The number of anilines is 2. The number of halogens is 6. The summed E-state index contributed by atoms with van der Waals surface area (Å²) in [4.78, 5) is 62.0. The van der Waals surface area contributed by atoms with Crippen molar-refractivity contribution in [1.29, 1.82) is 0 Å². The van der Waals surface area contributed by atoms with Gasteiger partial charge in [-0.1, -0.05) is 152 Å². The van der Waals surface area contributed by atoms with Crippen LogP contribution < -0.4 is 21.7 Å². The van der Waals surface area contributed by atoms with Crippen LogP contribution in [0.25, 0.3) is 0 Å². The summed E-state index contributed by atoms with van der Waals surface area (Å²) in [5.74, 6) is -1.03. The van der Waals surface area contributed by atoms with Gasteiger partial charge in [-0.05, 0) is 89.9 Å². The van der Waals surface area contributed by atoms with Gasteiger partial charge in [0.15, 0.2) is 24.9 Å². The SMILES string of the molecule is C.C.Cn1c(Cl)c2c(c1C(=O)Nc1ccc(F)c(Cl)c1)CCC2N.Cn1c(Cl)c2c(c1C(=O)Nc1ccc(F)c(Cl)c1)CCC2NC(=O)OCc1ncn[nH]1.O=C(OCc1ncn(C(c2ccccc2)(c2ccccc2)c2ccccc2)n1)n1ccnc1. The average Bonchev–Trinajstić information content (AvgIpc) is 1.55. The fourth-order valence-electron chi connectivity index (χ4n) is 10.5. The number of nitrogens with one attached hydrogen (secondary N) is 4. The van der Waals surface area contributed by atoms with Crippen LogP contribution in [0.2, 0.25) is 20.4 Å². The van der Waals surface area contributed by atoms with Gasteiger partial charge < -0.3 is 40.3 Å². The molecule has 2 aliphatic carbocycles. The summed E-state index contributed by atoms with van der Waals surface area (Å²) in [6, 6.07) is 38.0. The number of carbonyl (C=O) groups is 4. The number of amides is 3. The molecule has 456 valence electrons. The second kappa shape index (κ2) is 28.5. The molecule has 2 unspecified atom stereocenters. The Bertz CT molecular complexity index is 3960. The minimum absolute atomic E-state index is 0. The van der Waals surface area contributed by atoms with Gasteiger partial charge in [0.2, 0.25) is 0 Å². The first-order valence-electron chi connectivity index (χ1n) is 26.6. The lowest BCUT2D eigenvalue weighted by Gasteiger charge is -2.35. The van der Waals surface area contributed by atoms with Crippen molar-refractivity contribution < 1.29 is 37.4 Å². The van der Waals surface area contributed by atoms with Gasteiger partial charge >= 0.3 is 12.2 Å². The highest BCUT2D eigenvalue weighted by Crippen LogP contribution is 2.43. The third kappa shape index (κ3) is 13.7. The number of hydrogen-bond acceptors (Lipinski definition) is 12. The number of rotatable bonds is 13. The normalized spacial score (nSPS) is 13.6. The molecular weight excluding hydrogens is 1220 g/mol. The number of fused-ring (bicyclic) bond motifs is 2. The van der Waals surface area contributed by atoms with E-state index in [9.17, 15) is 28.0 Å². The Balaban J connectivity index is 0.000000172. The second-order valence-electron chi connectivity index (χ2n) is 19.7. The van der Waals surface area contributed by atoms with Gasteiger partial charge in [-0.2, -0.15) is 10.2 Å². The largest absolute Gasteiger partial charge is 0.441 e. The molecule has 0 saturated carbocycles. The smallest absolute Gasteiger partial charge is 0.419 e. The second-order valence-corrected chi connectivity index (χ2v) is 21.2. The predicted molar refractivity (Wildman–Crippen MR) is 331 cm³/mol. The van der Waals surface area contributed by atoms with Crippen molar-refractivity contribution in [3.63, 3.8) is 0 Å². The number of H-pyrrole nitrogens is 1. The van der Waals surface area contributed by atoms with E-state index in [1.807, 2.05) is 59.3 Å². The van der Waals surface area contributed by atoms with E-state index >= 15 is 0 Å². The highest BCUT2D eigenvalue weighted by molar-refractivity contribution is 6.32. The highest BCUT2D eigenvalue weighted by Gasteiger charge is 2.40. The first kappa shape index (κ1) is 64.8. The molecule has 2 aliphatic rings. The summed E-state index contributed by atoms with van der Waals surface area (Å²) in [5.41, 5.74) is 13.1. The summed E-state index contributed by atoms with van der Waals surface area (Å²) in [6.07, 6.45) is 8.84. The third-order valence-electron chi connectivity index (χ3n) is 14.4. The van der Waals surface area contributed by atoms with E-state index in [4.69, 9.17) is 66.7 Å². The number of nitrogens with zero attached hydrogens (tertiary/aromatic N) is 9.